The van der Waals surface area contributed by atoms with E-state index in [2.05, 4.69) is 44.9 Å². The predicted molar refractivity (Wildman–Crippen MR) is 98.3 cm³/mol. The molecular formula is C19H22N4OS. The Morgan fingerprint density at radius 3 is 2.88 bits per heavy atom. The molecule has 130 valence electrons. The number of thiophene rings is 1. The number of benzene rings is 1. The zero-order valence-electron chi connectivity index (χ0n) is 14.3. The van der Waals surface area contributed by atoms with E-state index >= 15 is 0 Å². The number of ether oxygens (including phenoxy) is 1. The van der Waals surface area contributed by atoms with Gasteiger partial charge < -0.3 is 4.74 Å². The van der Waals surface area contributed by atoms with Gasteiger partial charge in [0.25, 0.3) is 0 Å². The molecule has 1 aliphatic heterocycles. The minimum Gasteiger partial charge on any atom is -0.376 e. The lowest BCUT2D eigenvalue weighted by Crippen LogP contribution is -2.35. The van der Waals surface area contributed by atoms with Crippen LogP contribution in [-0.2, 0) is 31.5 Å². The van der Waals surface area contributed by atoms with Gasteiger partial charge in [0.15, 0.2) is 0 Å². The van der Waals surface area contributed by atoms with E-state index in [0.717, 1.165) is 25.3 Å². The van der Waals surface area contributed by atoms with Crippen LogP contribution in [0.1, 0.15) is 27.7 Å². The second-order valence-electron chi connectivity index (χ2n) is 6.49. The third-order valence-electron chi connectivity index (χ3n) is 4.57. The van der Waals surface area contributed by atoms with Crippen molar-refractivity contribution >= 4 is 11.3 Å². The van der Waals surface area contributed by atoms with Crippen molar-refractivity contribution in [2.45, 2.75) is 25.6 Å². The van der Waals surface area contributed by atoms with E-state index in [1.54, 1.807) is 11.3 Å². The highest BCUT2D eigenvalue weighted by molar-refractivity contribution is 7.09. The van der Waals surface area contributed by atoms with E-state index in [0.29, 0.717) is 19.1 Å². The molecule has 0 saturated carbocycles. The third kappa shape index (κ3) is 3.81. The maximum atomic E-state index is 6.03. The quantitative estimate of drug-likeness (QED) is 0.682. The van der Waals surface area contributed by atoms with Crippen LogP contribution in [0.2, 0.25) is 0 Å². The van der Waals surface area contributed by atoms with Crippen molar-refractivity contribution in [3.05, 3.63) is 69.7 Å². The number of hydrogen-bond acceptors (Lipinski definition) is 5. The van der Waals surface area contributed by atoms with E-state index in [1.807, 2.05) is 29.9 Å². The first kappa shape index (κ1) is 16.4. The normalized spacial score (nSPS) is 17.6. The molecule has 0 radical (unpaired) electrons. The van der Waals surface area contributed by atoms with Gasteiger partial charge in [-0.2, -0.15) is 0 Å². The van der Waals surface area contributed by atoms with Crippen molar-refractivity contribution in [3.8, 4) is 0 Å². The number of hydrogen-bond donors (Lipinski definition) is 0. The molecule has 4 rings (SSSR count). The van der Waals surface area contributed by atoms with Crippen molar-refractivity contribution in [1.29, 1.82) is 0 Å². The molecule has 1 atom stereocenters. The highest BCUT2D eigenvalue weighted by Crippen LogP contribution is 2.28. The molecule has 0 saturated heterocycles. The van der Waals surface area contributed by atoms with E-state index in [-0.39, 0.29) is 0 Å². The zero-order valence-corrected chi connectivity index (χ0v) is 15.2. The molecule has 0 amide bonds. The minimum atomic E-state index is 0.299. The van der Waals surface area contributed by atoms with Crippen LogP contribution in [0.3, 0.4) is 0 Å². The van der Waals surface area contributed by atoms with Gasteiger partial charge in [0.2, 0.25) is 0 Å². The summed E-state index contributed by atoms with van der Waals surface area (Å²) in [6.45, 7) is 4.12. The molecule has 2 aromatic heterocycles. The number of nitrogens with zero attached hydrogens (tertiary/aromatic N) is 4. The molecule has 5 nitrogen and oxygen atoms in total. The lowest BCUT2D eigenvalue weighted by atomic mass is 9.99. The first-order valence-corrected chi connectivity index (χ1v) is 9.42. The Hall–Kier alpha value is -2.02. The van der Waals surface area contributed by atoms with Crippen LogP contribution >= 0.6 is 11.3 Å². The van der Waals surface area contributed by atoms with Crippen LogP contribution in [0, 0.1) is 0 Å². The van der Waals surface area contributed by atoms with E-state index in [4.69, 9.17) is 4.74 Å². The van der Waals surface area contributed by atoms with Gasteiger partial charge >= 0.3 is 0 Å². The minimum absolute atomic E-state index is 0.299. The Morgan fingerprint density at radius 2 is 2.08 bits per heavy atom. The van der Waals surface area contributed by atoms with E-state index in [1.165, 1.54) is 16.1 Å². The summed E-state index contributed by atoms with van der Waals surface area (Å²) in [5.41, 5.74) is 3.51. The van der Waals surface area contributed by atoms with Gasteiger partial charge in [0.05, 0.1) is 18.9 Å². The summed E-state index contributed by atoms with van der Waals surface area (Å²) < 4.78 is 7.94. The van der Waals surface area contributed by atoms with Crippen LogP contribution in [-0.4, -0.2) is 33.0 Å². The number of aryl methyl sites for hydroxylation is 1. The summed E-state index contributed by atoms with van der Waals surface area (Å²) in [6, 6.07) is 14.6. The second-order valence-corrected chi connectivity index (χ2v) is 7.52. The molecule has 6 heteroatoms. The first-order chi connectivity index (χ1) is 12.3. The van der Waals surface area contributed by atoms with Gasteiger partial charge in [-0.15, -0.1) is 16.4 Å². The van der Waals surface area contributed by atoms with Crippen LogP contribution in [0.5, 0.6) is 0 Å². The van der Waals surface area contributed by atoms with Gasteiger partial charge in [0.1, 0.15) is 5.69 Å². The van der Waals surface area contributed by atoms with Gasteiger partial charge in [-0.25, -0.2) is 0 Å². The van der Waals surface area contributed by atoms with E-state index in [9.17, 15) is 0 Å². The average molecular weight is 354 g/mol. The molecule has 0 bridgehead atoms. The summed E-state index contributed by atoms with van der Waals surface area (Å²) in [6.07, 6.45) is 0. The fourth-order valence-electron chi connectivity index (χ4n) is 3.46. The molecule has 3 aromatic rings. The lowest BCUT2D eigenvalue weighted by molar-refractivity contribution is 0.0832. The Balaban J connectivity index is 1.44. The SMILES string of the molecule is Cn1nnc2c1C(COCc1ccccc1)CN(Cc1cccs1)C2. The highest BCUT2D eigenvalue weighted by atomic mass is 32.1. The molecule has 1 unspecified atom stereocenters. The maximum Gasteiger partial charge on any atom is 0.100 e. The zero-order chi connectivity index (χ0) is 17.1. The molecule has 1 aliphatic rings. The van der Waals surface area contributed by atoms with Gasteiger partial charge in [-0.3, -0.25) is 9.58 Å². The van der Waals surface area contributed by atoms with Crippen molar-refractivity contribution in [3.63, 3.8) is 0 Å². The predicted octanol–water partition coefficient (Wildman–Crippen LogP) is 3.19. The van der Waals surface area contributed by atoms with Gasteiger partial charge in [0, 0.05) is 37.5 Å². The third-order valence-corrected chi connectivity index (χ3v) is 5.43. The Labute approximate surface area is 151 Å². The number of rotatable bonds is 6. The molecular weight excluding hydrogens is 332 g/mol. The number of aromatic nitrogens is 3. The van der Waals surface area contributed by atoms with Crippen LogP contribution in [0.15, 0.2) is 47.8 Å². The molecule has 0 aliphatic carbocycles. The topological polar surface area (TPSA) is 43.2 Å². The van der Waals surface area contributed by atoms with Crippen molar-refractivity contribution in [1.82, 2.24) is 19.9 Å². The second kappa shape index (κ2) is 7.47. The summed E-state index contributed by atoms with van der Waals surface area (Å²) in [4.78, 5) is 3.83. The lowest BCUT2D eigenvalue weighted by Gasteiger charge is -2.31. The Morgan fingerprint density at radius 1 is 1.20 bits per heavy atom. The number of fused-ring (bicyclic) bond motifs is 1. The van der Waals surface area contributed by atoms with Gasteiger partial charge in [-0.1, -0.05) is 41.6 Å². The van der Waals surface area contributed by atoms with Crippen molar-refractivity contribution < 1.29 is 4.74 Å². The molecule has 1 aromatic carbocycles. The van der Waals surface area contributed by atoms with Crippen molar-refractivity contribution in [2.24, 2.45) is 7.05 Å². The summed E-state index contributed by atoms with van der Waals surface area (Å²) >= 11 is 1.81. The summed E-state index contributed by atoms with van der Waals surface area (Å²) in [5.74, 6) is 0.299. The molecule has 3 heterocycles. The smallest absolute Gasteiger partial charge is 0.100 e. The largest absolute Gasteiger partial charge is 0.376 e. The van der Waals surface area contributed by atoms with Gasteiger partial charge in [-0.05, 0) is 17.0 Å². The van der Waals surface area contributed by atoms with Crippen LogP contribution in [0.4, 0.5) is 0 Å². The average Bonchev–Trinajstić information content (AvgIpc) is 3.26. The molecule has 0 fully saturated rings. The Bertz CT molecular complexity index is 800. The highest BCUT2D eigenvalue weighted by Gasteiger charge is 2.30. The fraction of sp³-hybridized carbons (Fsp3) is 0.368. The molecule has 0 N–H and O–H groups in total. The first-order valence-electron chi connectivity index (χ1n) is 8.54. The van der Waals surface area contributed by atoms with Crippen molar-refractivity contribution in [2.75, 3.05) is 13.2 Å². The standard InChI is InChI=1S/C19H22N4OS/c1-22-19-16(14-24-13-15-6-3-2-4-7-15)10-23(12-18(19)20-21-22)11-17-8-5-9-25-17/h2-9,16H,10-14H2,1H3. The fourth-order valence-corrected chi connectivity index (χ4v) is 4.21. The molecule has 0 spiro atoms. The molecule has 25 heavy (non-hydrogen) atoms. The summed E-state index contributed by atoms with van der Waals surface area (Å²) in [5, 5.41) is 10.7. The Kier molecular flexibility index (Phi) is 4.92. The summed E-state index contributed by atoms with van der Waals surface area (Å²) in [7, 11) is 1.98. The monoisotopic (exact) mass is 354 g/mol. The van der Waals surface area contributed by atoms with Crippen LogP contribution in [0.25, 0.3) is 0 Å². The van der Waals surface area contributed by atoms with Crippen LogP contribution < -0.4 is 0 Å². The van der Waals surface area contributed by atoms with E-state index < -0.39 is 0 Å². The maximum absolute atomic E-state index is 6.03.